The number of hydrogen-bond acceptors (Lipinski definition) is 2. The lowest BCUT2D eigenvalue weighted by Gasteiger charge is -2.18. The molecule has 130 valence electrons. The Labute approximate surface area is 134 Å². The number of unbranched alkanes of at least 4 members (excludes halogenated alkanes) is 7. The Kier molecular flexibility index (Phi) is 19.8. The molecule has 0 aromatic heterocycles. The lowest BCUT2D eigenvalue weighted by atomic mass is 10.00. The third-order valence-electron chi connectivity index (χ3n) is 4.15. The molecule has 0 radical (unpaired) electrons. The highest BCUT2D eigenvalue weighted by Gasteiger charge is 2.28. The van der Waals surface area contributed by atoms with E-state index in [0.717, 1.165) is 19.3 Å². The van der Waals surface area contributed by atoms with Crippen molar-refractivity contribution in [3.05, 3.63) is 0 Å². The summed E-state index contributed by atoms with van der Waals surface area (Å²) in [7, 11) is 0. The van der Waals surface area contributed by atoms with Crippen molar-refractivity contribution in [1.29, 1.82) is 0 Å². The standard InChI is InChI=1S/C10H22.C7H14O.C2H6O/c1-3-5-7-9-10-8-6-4-2;1-2-7(8)5-3-4-6-7;1-2-3/h3-10H2,1-2H3;8H,2-6H2,1H3;3H,2H2,1H3. The first-order valence-corrected chi connectivity index (χ1v) is 9.43. The van der Waals surface area contributed by atoms with Crippen LogP contribution in [0.2, 0.25) is 0 Å². The Morgan fingerprint density at radius 3 is 1.29 bits per heavy atom. The molecule has 0 saturated heterocycles. The van der Waals surface area contributed by atoms with Crippen LogP contribution in [-0.4, -0.2) is 22.4 Å². The summed E-state index contributed by atoms with van der Waals surface area (Å²) in [6.07, 6.45) is 16.9. The molecule has 1 rings (SSSR count). The quantitative estimate of drug-likeness (QED) is 0.552. The van der Waals surface area contributed by atoms with Crippen molar-refractivity contribution in [1.82, 2.24) is 0 Å². The van der Waals surface area contributed by atoms with Gasteiger partial charge < -0.3 is 10.2 Å². The Hall–Kier alpha value is -0.0800. The molecule has 0 aromatic rings. The van der Waals surface area contributed by atoms with Gasteiger partial charge in [0, 0.05) is 6.61 Å². The summed E-state index contributed by atoms with van der Waals surface area (Å²) in [5.41, 5.74) is -0.264. The van der Waals surface area contributed by atoms with Gasteiger partial charge in [0.15, 0.2) is 0 Å². The molecule has 1 saturated carbocycles. The third kappa shape index (κ3) is 17.9. The van der Waals surface area contributed by atoms with Gasteiger partial charge in [-0.2, -0.15) is 0 Å². The molecule has 0 spiro atoms. The predicted octanol–water partition coefficient (Wildman–Crippen LogP) is 5.85. The van der Waals surface area contributed by atoms with Gasteiger partial charge >= 0.3 is 0 Å². The number of rotatable bonds is 8. The average molecular weight is 303 g/mol. The van der Waals surface area contributed by atoms with Crippen LogP contribution in [0.25, 0.3) is 0 Å². The maximum absolute atomic E-state index is 9.50. The molecule has 0 aromatic carbocycles. The summed E-state index contributed by atoms with van der Waals surface area (Å²) < 4.78 is 0. The largest absolute Gasteiger partial charge is 0.397 e. The average Bonchev–Trinajstić information content (AvgIpc) is 2.92. The molecule has 0 bridgehead atoms. The highest BCUT2D eigenvalue weighted by molar-refractivity contribution is 4.81. The molecule has 2 nitrogen and oxygen atoms in total. The molecule has 0 amide bonds. The summed E-state index contributed by atoms with van der Waals surface area (Å²) in [6, 6.07) is 0. The van der Waals surface area contributed by atoms with Crippen LogP contribution in [0.15, 0.2) is 0 Å². The van der Waals surface area contributed by atoms with Gasteiger partial charge in [0.2, 0.25) is 0 Å². The smallest absolute Gasteiger partial charge is 0.0645 e. The van der Waals surface area contributed by atoms with Crippen molar-refractivity contribution in [2.75, 3.05) is 6.61 Å². The fourth-order valence-corrected chi connectivity index (χ4v) is 2.59. The Morgan fingerprint density at radius 1 is 0.714 bits per heavy atom. The van der Waals surface area contributed by atoms with Crippen molar-refractivity contribution >= 4 is 0 Å². The highest BCUT2D eigenvalue weighted by Crippen LogP contribution is 2.31. The molecule has 1 fully saturated rings. The zero-order chi connectivity index (χ0) is 16.4. The maximum Gasteiger partial charge on any atom is 0.0645 e. The van der Waals surface area contributed by atoms with Gasteiger partial charge in [-0.25, -0.2) is 0 Å². The minimum absolute atomic E-state index is 0.250. The van der Waals surface area contributed by atoms with Crippen molar-refractivity contribution in [2.24, 2.45) is 0 Å². The molecule has 2 N–H and O–H groups in total. The van der Waals surface area contributed by atoms with Gasteiger partial charge in [0.1, 0.15) is 0 Å². The molecular formula is C19H42O2. The second-order valence-corrected chi connectivity index (χ2v) is 6.22. The Morgan fingerprint density at radius 2 is 1.05 bits per heavy atom. The first-order valence-electron chi connectivity index (χ1n) is 9.43. The van der Waals surface area contributed by atoms with E-state index in [9.17, 15) is 5.11 Å². The molecule has 0 heterocycles. The monoisotopic (exact) mass is 302 g/mol. The normalized spacial score (nSPS) is 15.7. The number of hydrogen-bond donors (Lipinski definition) is 2. The minimum atomic E-state index is -0.264. The van der Waals surface area contributed by atoms with Gasteiger partial charge in [0.25, 0.3) is 0 Å². The van der Waals surface area contributed by atoms with E-state index in [2.05, 4.69) is 20.8 Å². The van der Waals surface area contributed by atoms with Crippen LogP contribution in [0.5, 0.6) is 0 Å². The zero-order valence-corrected chi connectivity index (χ0v) is 15.3. The van der Waals surface area contributed by atoms with Crippen molar-refractivity contribution in [3.8, 4) is 0 Å². The Balaban J connectivity index is 0. The topological polar surface area (TPSA) is 40.5 Å². The van der Waals surface area contributed by atoms with E-state index in [1.54, 1.807) is 6.92 Å². The molecule has 2 heteroatoms. The first-order chi connectivity index (χ1) is 10.1. The highest BCUT2D eigenvalue weighted by atomic mass is 16.3. The molecular weight excluding hydrogens is 260 g/mol. The summed E-state index contributed by atoms with van der Waals surface area (Å²) >= 11 is 0. The Bertz CT molecular complexity index is 166. The summed E-state index contributed by atoms with van der Waals surface area (Å²) in [5, 5.41) is 17.1. The van der Waals surface area contributed by atoms with Crippen molar-refractivity contribution < 1.29 is 10.2 Å². The van der Waals surface area contributed by atoms with E-state index in [4.69, 9.17) is 5.11 Å². The fraction of sp³-hybridized carbons (Fsp3) is 1.00. The van der Waals surface area contributed by atoms with Crippen molar-refractivity contribution in [2.45, 2.75) is 117 Å². The molecule has 1 aliphatic rings. The SMILES string of the molecule is CCC1(O)CCCC1.CCCCCCCCCC.CCO. The van der Waals surface area contributed by atoms with Crippen LogP contribution < -0.4 is 0 Å². The molecule has 0 unspecified atom stereocenters. The molecule has 0 atom stereocenters. The number of aliphatic hydroxyl groups excluding tert-OH is 1. The van der Waals surface area contributed by atoms with Gasteiger partial charge in [-0.05, 0) is 26.2 Å². The lowest BCUT2D eigenvalue weighted by Crippen LogP contribution is -2.21. The maximum atomic E-state index is 9.50. The second kappa shape index (κ2) is 18.0. The van der Waals surface area contributed by atoms with Crippen LogP contribution in [-0.2, 0) is 0 Å². The predicted molar refractivity (Wildman–Crippen MR) is 94.8 cm³/mol. The first kappa shape index (κ1) is 23.2. The van der Waals surface area contributed by atoms with Gasteiger partial charge in [-0.3, -0.25) is 0 Å². The van der Waals surface area contributed by atoms with E-state index < -0.39 is 0 Å². The minimum Gasteiger partial charge on any atom is -0.397 e. The zero-order valence-electron chi connectivity index (χ0n) is 15.3. The lowest BCUT2D eigenvalue weighted by molar-refractivity contribution is 0.0439. The molecule has 0 aliphatic heterocycles. The summed E-state index contributed by atoms with van der Waals surface area (Å²) in [4.78, 5) is 0. The van der Waals surface area contributed by atoms with Gasteiger partial charge in [-0.15, -0.1) is 0 Å². The van der Waals surface area contributed by atoms with E-state index in [-0.39, 0.29) is 12.2 Å². The van der Waals surface area contributed by atoms with Gasteiger partial charge in [-0.1, -0.05) is 85.0 Å². The third-order valence-corrected chi connectivity index (χ3v) is 4.15. The summed E-state index contributed by atoms with van der Waals surface area (Å²) in [6.45, 7) is 8.53. The molecule has 1 aliphatic carbocycles. The van der Waals surface area contributed by atoms with Crippen LogP contribution >= 0.6 is 0 Å². The van der Waals surface area contributed by atoms with Crippen LogP contribution in [0.3, 0.4) is 0 Å². The van der Waals surface area contributed by atoms with E-state index in [1.165, 1.54) is 64.2 Å². The number of aliphatic hydroxyl groups is 2. The van der Waals surface area contributed by atoms with E-state index >= 15 is 0 Å². The van der Waals surface area contributed by atoms with E-state index in [1.807, 2.05) is 0 Å². The van der Waals surface area contributed by atoms with Crippen molar-refractivity contribution in [3.63, 3.8) is 0 Å². The van der Waals surface area contributed by atoms with Crippen LogP contribution in [0.1, 0.15) is 111 Å². The second-order valence-electron chi connectivity index (χ2n) is 6.22. The van der Waals surface area contributed by atoms with Crippen LogP contribution in [0, 0.1) is 0 Å². The summed E-state index contributed by atoms with van der Waals surface area (Å²) in [5.74, 6) is 0. The van der Waals surface area contributed by atoms with E-state index in [0.29, 0.717) is 0 Å². The van der Waals surface area contributed by atoms with Gasteiger partial charge in [0.05, 0.1) is 5.60 Å². The van der Waals surface area contributed by atoms with Crippen LogP contribution in [0.4, 0.5) is 0 Å². The fourth-order valence-electron chi connectivity index (χ4n) is 2.59. The molecule has 21 heavy (non-hydrogen) atoms.